The number of anilines is 1. The molecule has 0 aromatic carbocycles. The van der Waals surface area contributed by atoms with Crippen LogP contribution in [0.5, 0.6) is 0 Å². The third-order valence-electron chi connectivity index (χ3n) is 4.57. The summed E-state index contributed by atoms with van der Waals surface area (Å²) in [7, 11) is 0. The molecule has 1 saturated heterocycles. The van der Waals surface area contributed by atoms with Crippen LogP contribution in [0.25, 0.3) is 0 Å². The summed E-state index contributed by atoms with van der Waals surface area (Å²) < 4.78 is 0. The molecule has 1 aromatic heterocycles. The Kier molecular flexibility index (Phi) is 4.18. The number of nitrogens with zero attached hydrogens (tertiary/aromatic N) is 2. The van der Waals surface area contributed by atoms with Gasteiger partial charge in [0.15, 0.2) is 0 Å². The summed E-state index contributed by atoms with van der Waals surface area (Å²) in [6.07, 6.45) is 8.16. The van der Waals surface area contributed by atoms with Gasteiger partial charge in [-0.05, 0) is 43.7 Å². The third kappa shape index (κ3) is 2.71. The van der Waals surface area contributed by atoms with E-state index in [1.54, 1.807) is 0 Å². The fraction of sp³-hybridized carbons (Fsp3) is 0.667. The smallest absolute Gasteiger partial charge is 0.129 e. The Labute approximate surface area is 125 Å². The largest absolute Gasteiger partial charge is 0.353 e. The first-order valence-electron chi connectivity index (χ1n) is 7.27. The molecule has 2 fully saturated rings. The minimum absolute atomic E-state index is 0.384. The average Bonchev–Trinajstić information content (AvgIpc) is 3.09. The minimum Gasteiger partial charge on any atom is -0.353 e. The van der Waals surface area contributed by atoms with Crippen LogP contribution < -0.4 is 4.90 Å². The molecule has 2 heterocycles. The van der Waals surface area contributed by atoms with Gasteiger partial charge < -0.3 is 4.90 Å². The molecule has 3 rings (SSSR count). The highest BCUT2D eigenvalue weighted by Gasteiger charge is 2.34. The molecule has 19 heavy (non-hydrogen) atoms. The van der Waals surface area contributed by atoms with Gasteiger partial charge in [0.25, 0.3) is 0 Å². The normalized spacial score (nSPS) is 24.3. The lowest BCUT2D eigenvalue weighted by molar-refractivity contribution is 0.429. The van der Waals surface area contributed by atoms with Gasteiger partial charge in [-0.2, -0.15) is 0 Å². The quantitative estimate of drug-likeness (QED) is 0.756. The van der Waals surface area contributed by atoms with Crippen molar-refractivity contribution >= 4 is 29.0 Å². The topological polar surface area (TPSA) is 16.1 Å². The molecule has 1 aliphatic heterocycles. The van der Waals surface area contributed by atoms with Crippen molar-refractivity contribution in [1.82, 2.24) is 4.98 Å². The van der Waals surface area contributed by atoms with Crippen molar-refractivity contribution in [3.63, 3.8) is 0 Å². The first-order valence-corrected chi connectivity index (χ1v) is 8.19. The van der Waals surface area contributed by atoms with E-state index in [0.717, 1.165) is 24.0 Å². The Bertz CT molecular complexity index is 444. The Hall–Kier alpha value is -0.470. The molecule has 0 radical (unpaired) electrons. The van der Waals surface area contributed by atoms with E-state index in [9.17, 15) is 0 Å². The van der Waals surface area contributed by atoms with Crippen LogP contribution in [0.3, 0.4) is 0 Å². The van der Waals surface area contributed by atoms with Gasteiger partial charge in [-0.3, -0.25) is 0 Å². The van der Waals surface area contributed by atoms with E-state index in [0.29, 0.717) is 16.9 Å². The maximum absolute atomic E-state index is 6.10. The second kappa shape index (κ2) is 5.88. The van der Waals surface area contributed by atoms with Crippen molar-refractivity contribution < 1.29 is 0 Å². The second-order valence-corrected chi connectivity index (χ2v) is 6.35. The maximum atomic E-state index is 6.10. The molecule has 104 valence electrons. The van der Waals surface area contributed by atoms with E-state index < -0.39 is 0 Å². The van der Waals surface area contributed by atoms with E-state index in [-0.39, 0.29) is 0 Å². The van der Waals surface area contributed by atoms with Crippen LogP contribution in [0.15, 0.2) is 12.1 Å². The van der Waals surface area contributed by atoms with Crippen LogP contribution in [-0.2, 0) is 5.88 Å². The number of pyridine rings is 1. The molecular weight excluding hydrogens is 279 g/mol. The van der Waals surface area contributed by atoms with E-state index in [1.165, 1.54) is 38.5 Å². The monoisotopic (exact) mass is 298 g/mol. The summed E-state index contributed by atoms with van der Waals surface area (Å²) in [5.41, 5.74) is 0.804. The standard InChI is InChI=1S/C15H20Cl2N2/c16-10-13-12(17)7-8-15(18-13)19-9-3-6-14(19)11-4-1-2-5-11/h7-8,11,14H,1-6,9-10H2. The number of hydrogen-bond donors (Lipinski definition) is 0. The van der Waals surface area contributed by atoms with E-state index >= 15 is 0 Å². The van der Waals surface area contributed by atoms with Crippen LogP contribution in [0, 0.1) is 5.92 Å². The molecule has 0 amide bonds. The Morgan fingerprint density at radius 3 is 2.68 bits per heavy atom. The first kappa shape index (κ1) is 13.5. The van der Waals surface area contributed by atoms with Crippen LogP contribution in [0.1, 0.15) is 44.2 Å². The molecule has 2 aliphatic rings. The van der Waals surface area contributed by atoms with Crippen molar-refractivity contribution in [1.29, 1.82) is 0 Å². The molecule has 1 atom stereocenters. The SMILES string of the molecule is ClCc1nc(N2CCCC2C2CCCC2)ccc1Cl. The lowest BCUT2D eigenvalue weighted by Gasteiger charge is -2.30. The summed E-state index contributed by atoms with van der Waals surface area (Å²) in [6.45, 7) is 1.12. The summed E-state index contributed by atoms with van der Waals surface area (Å²) in [4.78, 5) is 7.14. The fourth-order valence-corrected chi connectivity index (χ4v) is 4.08. The Morgan fingerprint density at radius 1 is 1.16 bits per heavy atom. The van der Waals surface area contributed by atoms with Crippen LogP contribution in [0.4, 0.5) is 5.82 Å². The molecule has 0 N–H and O–H groups in total. The van der Waals surface area contributed by atoms with Crippen molar-refractivity contribution in [2.24, 2.45) is 5.92 Å². The van der Waals surface area contributed by atoms with Crippen molar-refractivity contribution in [3.8, 4) is 0 Å². The van der Waals surface area contributed by atoms with Gasteiger partial charge in [0.1, 0.15) is 5.82 Å². The number of halogens is 2. The number of rotatable bonds is 3. The van der Waals surface area contributed by atoms with Crippen LogP contribution in [0.2, 0.25) is 5.02 Å². The zero-order valence-corrected chi connectivity index (χ0v) is 12.6. The highest BCUT2D eigenvalue weighted by atomic mass is 35.5. The van der Waals surface area contributed by atoms with Gasteiger partial charge in [0, 0.05) is 12.6 Å². The van der Waals surface area contributed by atoms with Gasteiger partial charge in [-0.1, -0.05) is 24.4 Å². The molecule has 0 bridgehead atoms. The lowest BCUT2D eigenvalue weighted by Crippen LogP contribution is -2.35. The first-order chi connectivity index (χ1) is 9.29. The zero-order chi connectivity index (χ0) is 13.2. The number of alkyl halides is 1. The summed E-state index contributed by atoms with van der Waals surface area (Å²) in [5.74, 6) is 2.31. The van der Waals surface area contributed by atoms with Crippen molar-refractivity contribution in [3.05, 3.63) is 22.8 Å². The molecule has 0 spiro atoms. The molecule has 1 unspecified atom stereocenters. The molecule has 2 nitrogen and oxygen atoms in total. The van der Waals surface area contributed by atoms with E-state index in [2.05, 4.69) is 9.88 Å². The Morgan fingerprint density at radius 2 is 1.95 bits per heavy atom. The van der Waals surface area contributed by atoms with Crippen LogP contribution >= 0.6 is 23.2 Å². The molecule has 1 aliphatic carbocycles. The Balaban J connectivity index is 1.83. The van der Waals surface area contributed by atoms with Gasteiger partial charge in [-0.15, -0.1) is 11.6 Å². The second-order valence-electron chi connectivity index (χ2n) is 5.68. The summed E-state index contributed by atoms with van der Waals surface area (Å²) in [6, 6.07) is 4.66. The predicted octanol–water partition coefficient (Wildman–Crippen LogP) is 4.63. The van der Waals surface area contributed by atoms with Crippen molar-refractivity contribution in [2.45, 2.75) is 50.4 Å². The predicted molar refractivity (Wildman–Crippen MR) is 81.1 cm³/mol. The molecular formula is C15H20Cl2N2. The van der Waals surface area contributed by atoms with E-state index in [4.69, 9.17) is 23.2 Å². The van der Waals surface area contributed by atoms with Gasteiger partial charge in [-0.25, -0.2) is 4.98 Å². The van der Waals surface area contributed by atoms with Crippen LogP contribution in [-0.4, -0.2) is 17.6 Å². The van der Waals surface area contributed by atoms with Gasteiger partial charge >= 0.3 is 0 Å². The summed E-state index contributed by atoms with van der Waals surface area (Å²) in [5, 5.41) is 0.676. The summed E-state index contributed by atoms with van der Waals surface area (Å²) >= 11 is 12.0. The van der Waals surface area contributed by atoms with Gasteiger partial charge in [0.2, 0.25) is 0 Å². The average molecular weight is 299 g/mol. The highest BCUT2D eigenvalue weighted by Crippen LogP contribution is 2.37. The number of hydrogen-bond acceptors (Lipinski definition) is 2. The third-order valence-corrected chi connectivity index (χ3v) is 5.17. The minimum atomic E-state index is 0.384. The molecule has 1 saturated carbocycles. The fourth-order valence-electron chi connectivity index (χ4n) is 3.64. The zero-order valence-electron chi connectivity index (χ0n) is 11.1. The number of aromatic nitrogens is 1. The lowest BCUT2D eigenvalue weighted by atomic mass is 9.96. The molecule has 4 heteroatoms. The van der Waals surface area contributed by atoms with E-state index in [1.807, 2.05) is 12.1 Å². The maximum Gasteiger partial charge on any atom is 0.129 e. The van der Waals surface area contributed by atoms with Crippen molar-refractivity contribution in [2.75, 3.05) is 11.4 Å². The molecule has 1 aromatic rings. The highest BCUT2D eigenvalue weighted by molar-refractivity contribution is 6.32. The van der Waals surface area contributed by atoms with Gasteiger partial charge in [0.05, 0.1) is 16.6 Å².